The van der Waals surface area contributed by atoms with E-state index in [-0.39, 0.29) is 11.3 Å². The highest BCUT2D eigenvalue weighted by Crippen LogP contribution is 2.35. The quantitative estimate of drug-likeness (QED) is 0.395. The molecule has 0 bridgehead atoms. The van der Waals surface area contributed by atoms with Gasteiger partial charge in [-0.1, -0.05) is 0 Å². The second kappa shape index (κ2) is 7.79. The summed E-state index contributed by atoms with van der Waals surface area (Å²) in [7, 11) is 0. The normalized spacial score (nSPS) is 10.4. The van der Waals surface area contributed by atoms with Crippen LogP contribution >= 0.6 is 31.9 Å². The fourth-order valence-corrected chi connectivity index (χ4v) is 3.36. The molecule has 0 atom stereocenters. The van der Waals surface area contributed by atoms with E-state index in [9.17, 15) is 19.7 Å². The van der Waals surface area contributed by atoms with Crippen LogP contribution in [0.5, 0.6) is 0 Å². The molecule has 2 rings (SSSR count). The molecule has 132 valence electrons. The van der Waals surface area contributed by atoms with Crippen LogP contribution in [0.25, 0.3) is 0 Å². The molecule has 8 nitrogen and oxygen atoms in total. The Morgan fingerprint density at radius 2 is 1.84 bits per heavy atom. The standard InChI is InChI=1S/C15H12Br2N2O6/c1-7-3-10(8(2)25-7)15(21)24-6-13(20)18-14-11(16)4-9(19(22)23)5-12(14)17/h3-5H,6H2,1-2H3,(H,18,20). The predicted octanol–water partition coefficient (Wildman–Crippen LogP) is 4.13. The molecule has 0 saturated heterocycles. The Morgan fingerprint density at radius 1 is 1.24 bits per heavy atom. The molecule has 0 spiro atoms. The van der Waals surface area contributed by atoms with Crippen LogP contribution in [0, 0.1) is 24.0 Å². The Bertz CT molecular complexity index is 839. The van der Waals surface area contributed by atoms with E-state index in [1.54, 1.807) is 13.8 Å². The second-order valence-electron chi connectivity index (χ2n) is 4.99. The Labute approximate surface area is 158 Å². The molecule has 1 aromatic heterocycles. The van der Waals surface area contributed by atoms with E-state index in [2.05, 4.69) is 37.2 Å². The van der Waals surface area contributed by atoms with Gasteiger partial charge in [0.2, 0.25) is 0 Å². The first-order valence-electron chi connectivity index (χ1n) is 6.86. The molecule has 1 heterocycles. The topological polar surface area (TPSA) is 112 Å². The van der Waals surface area contributed by atoms with Crippen LogP contribution in [-0.4, -0.2) is 23.4 Å². The summed E-state index contributed by atoms with van der Waals surface area (Å²) in [4.78, 5) is 34.1. The van der Waals surface area contributed by atoms with Crippen molar-refractivity contribution in [2.24, 2.45) is 0 Å². The van der Waals surface area contributed by atoms with Crippen molar-refractivity contribution in [3.63, 3.8) is 0 Å². The Balaban J connectivity index is 2.02. The number of nitro groups is 1. The lowest BCUT2D eigenvalue weighted by Crippen LogP contribution is -2.21. The zero-order chi connectivity index (χ0) is 18.7. The van der Waals surface area contributed by atoms with Gasteiger partial charge in [0.05, 0.1) is 10.6 Å². The molecule has 0 aliphatic heterocycles. The molecular formula is C15H12Br2N2O6. The molecule has 0 saturated carbocycles. The van der Waals surface area contributed by atoms with E-state index >= 15 is 0 Å². The number of esters is 1. The van der Waals surface area contributed by atoms with Crippen LogP contribution in [0.15, 0.2) is 31.6 Å². The lowest BCUT2D eigenvalue weighted by Gasteiger charge is -2.10. The van der Waals surface area contributed by atoms with Gasteiger partial charge in [-0.3, -0.25) is 14.9 Å². The third-order valence-corrected chi connectivity index (χ3v) is 4.35. The van der Waals surface area contributed by atoms with Gasteiger partial charge in [-0.25, -0.2) is 4.79 Å². The molecule has 0 radical (unpaired) electrons. The summed E-state index contributed by atoms with van der Waals surface area (Å²) in [6.45, 7) is 2.80. The van der Waals surface area contributed by atoms with E-state index < -0.39 is 23.4 Å². The highest BCUT2D eigenvalue weighted by atomic mass is 79.9. The summed E-state index contributed by atoms with van der Waals surface area (Å²) >= 11 is 6.31. The molecule has 1 amide bonds. The third kappa shape index (κ3) is 4.67. The molecule has 0 aliphatic carbocycles. The van der Waals surface area contributed by atoms with Crippen LogP contribution in [0.4, 0.5) is 11.4 Å². The molecule has 0 fully saturated rings. The fraction of sp³-hybridized carbons (Fsp3) is 0.200. The average Bonchev–Trinajstić information content (AvgIpc) is 2.86. The van der Waals surface area contributed by atoms with Crippen LogP contribution in [0.3, 0.4) is 0 Å². The number of hydrogen-bond acceptors (Lipinski definition) is 6. The summed E-state index contributed by atoms with van der Waals surface area (Å²) < 4.78 is 10.8. The summed E-state index contributed by atoms with van der Waals surface area (Å²) in [6, 6.07) is 4.03. The zero-order valence-electron chi connectivity index (χ0n) is 13.1. The number of nitrogens with zero attached hydrogens (tertiary/aromatic N) is 1. The molecular weight excluding hydrogens is 464 g/mol. The number of furan rings is 1. The fourth-order valence-electron chi connectivity index (χ4n) is 2.00. The zero-order valence-corrected chi connectivity index (χ0v) is 16.3. The van der Waals surface area contributed by atoms with Crippen LogP contribution in [0.2, 0.25) is 0 Å². The summed E-state index contributed by atoms with van der Waals surface area (Å²) in [5, 5.41) is 13.3. The van der Waals surface area contributed by atoms with Gasteiger partial charge in [-0.15, -0.1) is 0 Å². The van der Waals surface area contributed by atoms with E-state index in [0.717, 1.165) is 0 Å². The first kappa shape index (κ1) is 19.1. The number of nitro benzene ring substituents is 1. The lowest BCUT2D eigenvalue weighted by atomic mass is 10.2. The molecule has 1 aromatic carbocycles. The van der Waals surface area contributed by atoms with Crippen LogP contribution in [-0.2, 0) is 9.53 Å². The van der Waals surface area contributed by atoms with Gasteiger partial charge in [0.15, 0.2) is 6.61 Å². The largest absolute Gasteiger partial charge is 0.466 e. The van der Waals surface area contributed by atoms with Crippen molar-refractivity contribution in [3.05, 3.63) is 54.3 Å². The van der Waals surface area contributed by atoms with Gasteiger partial charge in [0, 0.05) is 21.1 Å². The van der Waals surface area contributed by atoms with Crippen molar-refractivity contribution >= 4 is 55.1 Å². The predicted molar refractivity (Wildman–Crippen MR) is 95.6 cm³/mol. The second-order valence-corrected chi connectivity index (χ2v) is 6.70. The molecule has 2 aromatic rings. The van der Waals surface area contributed by atoms with Crippen molar-refractivity contribution in [1.29, 1.82) is 0 Å². The van der Waals surface area contributed by atoms with Crippen molar-refractivity contribution in [3.8, 4) is 0 Å². The first-order chi connectivity index (χ1) is 11.7. The molecule has 25 heavy (non-hydrogen) atoms. The smallest absolute Gasteiger partial charge is 0.342 e. The van der Waals surface area contributed by atoms with E-state index in [1.807, 2.05) is 0 Å². The van der Waals surface area contributed by atoms with Crippen molar-refractivity contribution in [2.45, 2.75) is 13.8 Å². The Kier molecular flexibility index (Phi) is 5.96. The Hall–Kier alpha value is -2.20. The molecule has 1 N–H and O–H groups in total. The number of rotatable bonds is 5. The van der Waals surface area contributed by atoms with Gasteiger partial charge < -0.3 is 14.5 Å². The minimum atomic E-state index is -0.675. The number of hydrogen-bond donors (Lipinski definition) is 1. The first-order valence-corrected chi connectivity index (χ1v) is 8.45. The highest BCUT2D eigenvalue weighted by Gasteiger charge is 2.19. The maximum atomic E-state index is 12.0. The third-order valence-electron chi connectivity index (χ3n) is 3.10. The number of aryl methyl sites for hydroxylation is 2. The molecule has 10 heteroatoms. The Morgan fingerprint density at radius 3 is 2.32 bits per heavy atom. The summed E-state index contributed by atoms with van der Waals surface area (Å²) in [5.41, 5.74) is 0.402. The van der Waals surface area contributed by atoms with E-state index in [0.29, 0.717) is 26.2 Å². The maximum Gasteiger partial charge on any atom is 0.342 e. The van der Waals surface area contributed by atoms with Crippen molar-refractivity contribution < 1.29 is 23.7 Å². The SMILES string of the molecule is Cc1cc(C(=O)OCC(=O)Nc2c(Br)cc([N+](=O)[O-])cc2Br)c(C)o1. The van der Waals surface area contributed by atoms with Gasteiger partial charge in [-0.05, 0) is 51.8 Å². The summed E-state index contributed by atoms with van der Waals surface area (Å²) in [6.07, 6.45) is 0. The van der Waals surface area contributed by atoms with Crippen LogP contribution < -0.4 is 5.32 Å². The van der Waals surface area contributed by atoms with Crippen molar-refractivity contribution in [1.82, 2.24) is 0 Å². The number of ether oxygens (including phenoxy) is 1. The highest BCUT2D eigenvalue weighted by molar-refractivity contribution is 9.11. The number of carbonyl (C=O) groups excluding carboxylic acids is 2. The number of carbonyl (C=O) groups is 2. The average molecular weight is 476 g/mol. The van der Waals surface area contributed by atoms with Gasteiger partial charge in [-0.2, -0.15) is 0 Å². The number of halogens is 2. The van der Waals surface area contributed by atoms with E-state index in [4.69, 9.17) is 9.15 Å². The van der Waals surface area contributed by atoms with E-state index in [1.165, 1.54) is 18.2 Å². The molecule has 0 unspecified atom stereocenters. The number of anilines is 1. The van der Waals surface area contributed by atoms with Gasteiger partial charge in [0.1, 0.15) is 17.1 Å². The number of benzene rings is 1. The minimum absolute atomic E-state index is 0.144. The van der Waals surface area contributed by atoms with Crippen molar-refractivity contribution in [2.75, 3.05) is 11.9 Å². The number of nitrogens with one attached hydrogen (secondary N) is 1. The number of non-ortho nitro benzene ring substituents is 1. The molecule has 0 aliphatic rings. The monoisotopic (exact) mass is 474 g/mol. The van der Waals surface area contributed by atoms with Gasteiger partial charge in [0.25, 0.3) is 11.6 Å². The maximum absolute atomic E-state index is 12.0. The lowest BCUT2D eigenvalue weighted by molar-refractivity contribution is -0.385. The van der Waals surface area contributed by atoms with Gasteiger partial charge >= 0.3 is 5.97 Å². The summed E-state index contributed by atoms with van der Waals surface area (Å²) in [5.74, 6) is -0.302. The number of amides is 1. The minimum Gasteiger partial charge on any atom is -0.466 e. The van der Waals surface area contributed by atoms with Crippen LogP contribution in [0.1, 0.15) is 21.9 Å².